The molecule has 1 unspecified atom stereocenters. The molecule has 3 heteroatoms. The Bertz CT molecular complexity index is 627. The Morgan fingerprint density at radius 1 is 1.42 bits per heavy atom. The van der Waals surface area contributed by atoms with E-state index in [0.717, 1.165) is 24.4 Å². The zero-order valence-corrected chi connectivity index (χ0v) is 11.4. The van der Waals surface area contributed by atoms with Gasteiger partial charge in [0.15, 0.2) is 0 Å². The van der Waals surface area contributed by atoms with Gasteiger partial charge in [0.2, 0.25) is 0 Å². The number of hydrogen-bond donors (Lipinski definition) is 0. The van der Waals surface area contributed by atoms with Gasteiger partial charge in [-0.3, -0.25) is 9.48 Å². The van der Waals surface area contributed by atoms with E-state index in [0.29, 0.717) is 12.2 Å². The van der Waals surface area contributed by atoms with E-state index < -0.39 is 0 Å². The van der Waals surface area contributed by atoms with Gasteiger partial charge in [-0.05, 0) is 37.5 Å². The van der Waals surface area contributed by atoms with Crippen molar-refractivity contribution in [2.24, 2.45) is 0 Å². The van der Waals surface area contributed by atoms with Gasteiger partial charge in [0, 0.05) is 24.6 Å². The van der Waals surface area contributed by atoms with Gasteiger partial charge in [-0.25, -0.2) is 0 Å². The van der Waals surface area contributed by atoms with Gasteiger partial charge in [0.25, 0.3) is 0 Å². The molecule has 0 amide bonds. The van der Waals surface area contributed by atoms with E-state index in [4.69, 9.17) is 0 Å². The average molecular weight is 254 g/mol. The van der Waals surface area contributed by atoms with Gasteiger partial charge in [0.1, 0.15) is 5.78 Å². The zero-order valence-electron chi connectivity index (χ0n) is 11.4. The molecule has 0 saturated heterocycles. The molecular weight excluding hydrogens is 236 g/mol. The van der Waals surface area contributed by atoms with Crippen LogP contribution in [0.4, 0.5) is 0 Å². The number of Topliss-reactive ketones (excluding diaryl/α,β-unsaturated/α-hetero) is 1. The maximum absolute atomic E-state index is 12.4. The molecule has 0 radical (unpaired) electrons. The number of ketones is 1. The minimum absolute atomic E-state index is 0.0942. The van der Waals surface area contributed by atoms with Crippen LogP contribution in [0.15, 0.2) is 30.3 Å². The van der Waals surface area contributed by atoms with Crippen molar-refractivity contribution in [3.05, 3.63) is 52.8 Å². The molecule has 1 atom stereocenters. The van der Waals surface area contributed by atoms with Gasteiger partial charge in [-0.15, -0.1) is 0 Å². The van der Waals surface area contributed by atoms with Gasteiger partial charge >= 0.3 is 0 Å². The molecule has 0 bridgehead atoms. The molecule has 3 rings (SSSR count). The van der Waals surface area contributed by atoms with E-state index in [1.807, 2.05) is 29.8 Å². The maximum Gasteiger partial charge on any atom is 0.146 e. The minimum Gasteiger partial charge on any atom is -0.299 e. The summed E-state index contributed by atoms with van der Waals surface area (Å²) in [5, 5.41) is 4.39. The molecule has 0 aliphatic heterocycles. The first-order valence-electron chi connectivity index (χ1n) is 6.83. The summed E-state index contributed by atoms with van der Waals surface area (Å²) in [7, 11) is 0. The number of rotatable bonds is 4. The molecule has 0 N–H and O–H groups in total. The first kappa shape index (κ1) is 12.2. The van der Waals surface area contributed by atoms with Crippen molar-refractivity contribution in [3.63, 3.8) is 0 Å². The number of aryl methyl sites for hydroxylation is 2. The largest absolute Gasteiger partial charge is 0.299 e. The summed E-state index contributed by atoms with van der Waals surface area (Å²) in [6.07, 6.45) is 1.39. The highest BCUT2D eigenvalue weighted by Gasteiger charge is 2.31. The normalized spacial score (nSPS) is 16.8. The molecule has 19 heavy (non-hydrogen) atoms. The van der Waals surface area contributed by atoms with E-state index in [2.05, 4.69) is 24.2 Å². The summed E-state index contributed by atoms with van der Waals surface area (Å²) < 4.78 is 1.93. The number of carbonyl (C=O) groups excluding carboxylic acids is 1. The fourth-order valence-corrected chi connectivity index (χ4v) is 2.86. The highest BCUT2D eigenvalue weighted by molar-refractivity contribution is 5.90. The van der Waals surface area contributed by atoms with Crippen molar-refractivity contribution in [2.75, 3.05) is 0 Å². The van der Waals surface area contributed by atoms with Crippen LogP contribution in [0, 0.1) is 6.92 Å². The summed E-state index contributed by atoms with van der Waals surface area (Å²) >= 11 is 0. The highest BCUT2D eigenvalue weighted by atomic mass is 16.1. The summed E-state index contributed by atoms with van der Waals surface area (Å²) in [5.41, 5.74) is 4.56. The molecule has 1 heterocycles. The third-order valence-corrected chi connectivity index (χ3v) is 3.88. The lowest BCUT2D eigenvalue weighted by Crippen LogP contribution is -2.27. The second-order valence-corrected chi connectivity index (χ2v) is 5.19. The fraction of sp³-hybridized carbons (Fsp3) is 0.375. The Labute approximate surface area is 113 Å². The molecule has 1 aliphatic rings. The highest BCUT2D eigenvalue weighted by Crippen LogP contribution is 2.36. The van der Waals surface area contributed by atoms with Crippen LogP contribution in [0.3, 0.4) is 0 Å². The lowest BCUT2D eigenvalue weighted by atomic mass is 9.74. The predicted octanol–water partition coefficient (Wildman–Crippen LogP) is 2.66. The van der Waals surface area contributed by atoms with Gasteiger partial charge < -0.3 is 0 Å². The molecule has 0 spiro atoms. The number of benzene rings is 1. The van der Waals surface area contributed by atoms with Crippen LogP contribution in [0.2, 0.25) is 0 Å². The van der Waals surface area contributed by atoms with Crippen LogP contribution in [0.5, 0.6) is 0 Å². The average Bonchev–Trinajstić information content (AvgIpc) is 2.71. The van der Waals surface area contributed by atoms with E-state index in [1.54, 1.807) is 0 Å². The van der Waals surface area contributed by atoms with Crippen LogP contribution < -0.4 is 0 Å². The molecule has 98 valence electrons. The first-order valence-corrected chi connectivity index (χ1v) is 6.83. The standard InChI is InChI=1S/C16H18N2O/c1-3-18-13(8-11(2)17-18)10-16(19)15-9-12-6-4-5-7-14(12)15/h4-8,15H,3,9-10H2,1-2H3. The van der Waals surface area contributed by atoms with Crippen LogP contribution in [0.1, 0.15) is 35.4 Å². The Hall–Kier alpha value is -1.90. The van der Waals surface area contributed by atoms with E-state index in [1.165, 1.54) is 11.1 Å². The van der Waals surface area contributed by atoms with Crippen LogP contribution >= 0.6 is 0 Å². The molecule has 3 nitrogen and oxygen atoms in total. The van der Waals surface area contributed by atoms with Crippen LogP contribution in [-0.2, 0) is 24.2 Å². The molecular formula is C16H18N2O. The topological polar surface area (TPSA) is 34.9 Å². The van der Waals surface area contributed by atoms with Gasteiger partial charge in [0.05, 0.1) is 5.69 Å². The van der Waals surface area contributed by atoms with Crippen molar-refractivity contribution < 1.29 is 4.79 Å². The Morgan fingerprint density at radius 3 is 2.95 bits per heavy atom. The summed E-state index contributed by atoms with van der Waals surface area (Å²) in [6.45, 7) is 4.84. The number of fused-ring (bicyclic) bond motifs is 1. The Morgan fingerprint density at radius 2 is 2.21 bits per heavy atom. The summed E-state index contributed by atoms with van der Waals surface area (Å²) in [6, 6.07) is 10.3. The molecule has 1 aromatic heterocycles. The molecule has 1 aromatic carbocycles. The van der Waals surface area contributed by atoms with Crippen molar-refractivity contribution >= 4 is 5.78 Å². The van der Waals surface area contributed by atoms with Crippen LogP contribution in [0.25, 0.3) is 0 Å². The molecule has 0 saturated carbocycles. The van der Waals surface area contributed by atoms with E-state index >= 15 is 0 Å². The van der Waals surface area contributed by atoms with E-state index in [-0.39, 0.29) is 5.92 Å². The lowest BCUT2D eigenvalue weighted by Gasteiger charge is -2.28. The quantitative estimate of drug-likeness (QED) is 0.840. The van der Waals surface area contributed by atoms with Crippen molar-refractivity contribution in [3.8, 4) is 0 Å². The molecule has 2 aromatic rings. The second-order valence-electron chi connectivity index (χ2n) is 5.19. The third kappa shape index (κ3) is 2.09. The summed E-state index contributed by atoms with van der Waals surface area (Å²) in [5.74, 6) is 0.407. The van der Waals surface area contributed by atoms with Crippen molar-refractivity contribution in [1.82, 2.24) is 9.78 Å². The Kier molecular flexibility index (Phi) is 2.97. The van der Waals surface area contributed by atoms with Crippen LogP contribution in [-0.4, -0.2) is 15.6 Å². The molecule has 0 fully saturated rings. The van der Waals surface area contributed by atoms with Gasteiger partial charge in [-0.1, -0.05) is 24.3 Å². The van der Waals surface area contributed by atoms with E-state index in [9.17, 15) is 4.79 Å². The zero-order chi connectivity index (χ0) is 13.4. The monoisotopic (exact) mass is 254 g/mol. The number of carbonyl (C=O) groups is 1. The number of aromatic nitrogens is 2. The SMILES string of the molecule is CCn1nc(C)cc1CC(=O)C1Cc2ccccc21. The third-order valence-electron chi connectivity index (χ3n) is 3.88. The van der Waals surface area contributed by atoms with Gasteiger partial charge in [-0.2, -0.15) is 5.10 Å². The minimum atomic E-state index is 0.0942. The van der Waals surface area contributed by atoms with Crippen molar-refractivity contribution in [2.45, 2.75) is 39.2 Å². The maximum atomic E-state index is 12.4. The fourth-order valence-electron chi connectivity index (χ4n) is 2.86. The number of nitrogens with zero attached hydrogens (tertiary/aromatic N) is 2. The first-order chi connectivity index (χ1) is 9.19. The number of hydrogen-bond acceptors (Lipinski definition) is 2. The lowest BCUT2D eigenvalue weighted by molar-refractivity contribution is -0.120. The summed E-state index contributed by atoms with van der Waals surface area (Å²) in [4.78, 5) is 12.4. The second kappa shape index (κ2) is 4.65. The van der Waals surface area contributed by atoms with Crippen molar-refractivity contribution in [1.29, 1.82) is 0 Å². The Balaban J connectivity index is 1.77. The predicted molar refractivity (Wildman–Crippen MR) is 74.2 cm³/mol. The smallest absolute Gasteiger partial charge is 0.146 e. The molecule has 1 aliphatic carbocycles.